The van der Waals surface area contributed by atoms with Crippen LogP contribution in [0.4, 0.5) is 5.69 Å². The molecule has 1 aromatic heterocycles. The van der Waals surface area contributed by atoms with Gasteiger partial charge in [0.05, 0.1) is 6.04 Å². The summed E-state index contributed by atoms with van der Waals surface area (Å²) in [5, 5.41) is 0. The molecule has 2 heterocycles. The van der Waals surface area contributed by atoms with E-state index < -0.39 is 0 Å². The first kappa shape index (κ1) is 17.5. The van der Waals surface area contributed by atoms with Gasteiger partial charge in [-0.25, -0.2) is 0 Å². The molecule has 132 valence electrons. The molecule has 2 unspecified atom stereocenters. The molecule has 1 saturated heterocycles. The number of nitrogens with zero attached hydrogens (tertiary/aromatic N) is 3. The first-order valence-electron chi connectivity index (χ1n) is 9.00. The molecule has 4 nitrogen and oxygen atoms in total. The van der Waals surface area contributed by atoms with Gasteiger partial charge in [0.25, 0.3) is 0 Å². The Labute approximate surface area is 150 Å². The number of aromatic nitrogens is 1. The zero-order valence-corrected chi connectivity index (χ0v) is 15.4. The second kappa shape index (κ2) is 7.68. The summed E-state index contributed by atoms with van der Waals surface area (Å²) in [5.41, 5.74) is 3.53. The minimum Gasteiger partial charge on any atom is -0.378 e. The summed E-state index contributed by atoms with van der Waals surface area (Å²) in [6.07, 6.45) is 6.04. The number of amides is 1. The Kier molecular flexibility index (Phi) is 5.37. The van der Waals surface area contributed by atoms with Crippen molar-refractivity contribution in [2.24, 2.45) is 5.92 Å². The van der Waals surface area contributed by atoms with Gasteiger partial charge in [-0.1, -0.05) is 25.1 Å². The first-order chi connectivity index (χ1) is 12.0. The molecule has 1 aromatic carbocycles. The Hall–Kier alpha value is -2.36. The minimum absolute atomic E-state index is 0.171. The van der Waals surface area contributed by atoms with E-state index in [4.69, 9.17) is 0 Å². The van der Waals surface area contributed by atoms with E-state index in [0.29, 0.717) is 12.3 Å². The van der Waals surface area contributed by atoms with Crippen LogP contribution in [0, 0.1) is 5.92 Å². The normalized spacial score (nSPS) is 19.9. The van der Waals surface area contributed by atoms with Crippen LogP contribution in [0.25, 0.3) is 0 Å². The first-order valence-corrected chi connectivity index (χ1v) is 9.00. The van der Waals surface area contributed by atoms with E-state index in [0.717, 1.165) is 24.9 Å². The smallest absolute Gasteiger partial charge is 0.223 e. The van der Waals surface area contributed by atoms with Gasteiger partial charge in [-0.3, -0.25) is 9.78 Å². The predicted molar refractivity (Wildman–Crippen MR) is 102 cm³/mol. The van der Waals surface area contributed by atoms with E-state index in [1.807, 2.05) is 26.4 Å². The number of pyridine rings is 1. The van der Waals surface area contributed by atoms with Crippen molar-refractivity contribution in [3.63, 3.8) is 0 Å². The van der Waals surface area contributed by atoms with Gasteiger partial charge in [-0.15, -0.1) is 0 Å². The number of likely N-dealkylation sites (tertiary alicyclic amines) is 1. The van der Waals surface area contributed by atoms with Gasteiger partial charge in [0.15, 0.2) is 0 Å². The maximum atomic E-state index is 12.9. The van der Waals surface area contributed by atoms with Crippen molar-refractivity contribution < 1.29 is 4.79 Å². The standard InChI is InChI=1S/C21H27N3O/c1-16-12-20(18-7-5-11-22-14-18)24(15-16)21(25)10-9-17-6-4-8-19(13-17)23(2)3/h4-8,11,13-14,16,20H,9-10,12,15H2,1-3H3. The number of aryl methyl sites for hydroxylation is 1. The fraction of sp³-hybridized carbons (Fsp3) is 0.429. The molecular weight excluding hydrogens is 310 g/mol. The Balaban J connectivity index is 1.67. The van der Waals surface area contributed by atoms with E-state index in [-0.39, 0.29) is 11.9 Å². The molecule has 0 radical (unpaired) electrons. The van der Waals surface area contributed by atoms with Crippen molar-refractivity contribution in [2.45, 2.75) is 32.2 Å². The molecular formula is C21H27N3O. The van der Waals surface area contributed by atoms with Crippen molar-refractivity contribution in [1.29, 1.82) is 0 Å². The summed E-state index contributed by atoms with van der Waals surface area (Å²) in [6.45, 7) is 3.06. The molecule has 2 aromatic rings. The Morgan fingerprint density at radius 3 is 2.84 bits per heavy atom. The summed E-state index contributed by atoms with van der Waals surface area (Å²) >= 11 is 0. The summed E-state index contributed by atoms with van der Waals surface area (Å²) in [5.74, 6) is 0.777. The zero-order valence-electron chi connectivity index (χ0n) is 15.4. The average Bonchev–Trinajstić information content (AvgIpc) is 3.02. The summed E-state index contributed by atoms with van der Waals surface area (Å²) < 4.78 is 0. The van der Waals surface area contributed by atoms with Crippen molar-refractivity contribution in [3.8, 4) is 0 Å². The number of hydrogen-bond donors (Lipinski definition) is 0. The van der Waals surface area contributed by atoms with Crippen LogP contribution in [0.2, 0.25) is 0 Å². The van der Waals surface area contributed by atoms with Crippen molar-refractivity contribution in [3.05, 3.63) is 59.9 Å². The molecule has 1 aliphatic heterocycles. The van der Waals surface area contributed by atoms with Gasteiger partial charge >= 0.3 is 0 Å². The van der Waals surface area contributed by atoms with Crippen molar-refractivity contribution >= 4 is 11.6 Å². The Morgan fingerprint density at radius 2 is 2.12 bits per heavy atom. The highest BCUT2D eigenvalue weighted by Crippen LogP contribution is 2.35. The largest absolute Gasteiger partial charge is 0.378 e. The van der Waals surface area contributed by atoms with E-state index >= 15 is 0 Å². The predicted octanol–water partition coefficient (Wildman–Crippen LogP) is 3.69. The summed E-state index contributed by atoms with van der Waals surface area (Å²) in [4.78, 5) is 21.2. The monoisotopic (exact) mass is 337 g/mol. The SMILES string of the molecule is CC1CC(c2cccnc2)N(C(=O)CCc2cccc(N(C)C)c2)C1. The maximum absolute atomic E-state index is 12.9. The second-order valence-corrected chi connectivity index (χ2v) is 7.25. The number of hydrogen-bond acceptors (Lipinski definition) is 3. The van der Waals surface area contributed by atoms with Crippen molar-refractivity contribution in [1.82, 2.24) is 9.88 Å². The molecule has 4 heteroatoms. The van der Waals surface area contributed by atoms with E-state index in [1.165, 1.54) is 11.3 Å². The highest BCUT2D eigenvalue weighted by atomic mass is 16.2. The van der Waals surface area contributed by atoms with Crippen LogP contribution in [-0.4, -0.2) is 36.4 Å². The lowest BCUT2D eigenvalue weighted by atomic mass is 10.0. The Bertz CT molecular complexity index is 714. The van der Waals surface area contributed by atoms with Gasteiger partial charge in [0, 0.05) is 45.1 Å². The zero-order chi connectivity index (χ0) is 17.8. The van der Waals surface area contributed by atoms with Crippen LogP contribution < -0.4 is 4.90 Å². The lowest BCUT2D eigenvalue weighted by molar-refractivity contribution is -0.132. The van der Waals surface area contributed by atoms with Gasteiger partial charge in [-0.2, -0.15) is 0 Å². The molecule has 2 atom stereocenters. The van der Waals surface area contributed by atoms with Crippen molar-refractivity contribution in [2.75, 3.05) is 25.5 Å². The molecule has 1 fully saturated rings. The van der Waals surface area contributed by atoms with Crippen LogP contribution >= 0.6 is 0 Å². The minimum atomic E-state index is 0.171. The molecule has 25 heavy (non-hydrogen) atoms. The van der Waals surface area contributed by atoms with Crippen LogP contribution in [0.1, 0.15) is 36.9 Å². The van der Waals surface area contributed by atoms with Crippen LogP contribution in [0.5, 0.6) is 0 Å². The lowest BCUT2D eigenvalue weighted by Crippen LogP contribution is -2.31. The third-order valence-electron chi connectivity index (χ3n) is 4.95. The molecule has 3 rings (SSSR count). The van der Waals surface area contributed by atoms with Gasteiger partial charge in [0.2, 0.25) is 5.91 Å². The Morgan fingerprint density at radius 1 is 1.28 bits per heavy atom. The number of benzene rings is 1. The lowest BCUT2D eigenvalue weighted by Gasteiger charge is -2.25. The molecule has 0 N–H and O–H groups in total. The summed E-state index contributed by atoms with van der Waals surface area (Å²) in [7, 11) is 4.07. The second-order valence-electron chi connectivity index (χ2n) is 7.25. The van der Waals surface area contributed by atoms with Crippen LogP contribution in [0.15, 0.2) is 48.8 Å². The summed E-state index contributed by atoms with van der Waals surface area (Å²) in [6, 6.07) is 12.6. The fourth-order valence-corrected chi connectivity index (χ4v) is 3.60. The molecule has 0 bridgehead atoms. The van der Waals surface area contributed by atoms with Gasteiger partial charge in [-0.05, 0) is 48.1 Å². The highest BCUT2D eigenvalue weighted by Gasteiger charge is 2.33. The topological polar surface area (TPSA) is 36.4 Å². The van der Waals surface area contributed by atoms with Crippen LogP contribution in [-0.2, 0) is 11.2 Å². The third-order valence-corrected chi connectivity index (χ3v) is 4.95. The number of rotatable bonds is 5. The molecule has 0 aliphatic carbocycles. The van der Waals surface area contributed by atoms with Crippen LogP contribution in [0.3, 0.4) is 0 Å². The third kappa shape index (κ3) is 4.19. The molecule has 1 aliphatic rings. The maximum Gasteiger partial charge on any atom is 0.223 e. The molecule has 0 saturated carbocycles. The van der Waals surface area contributed by atoms with Gasteiger partial charge < -0.3 is 9.80 Å². The van der Waals surface area contributed by atoms with Gasteiger partial charge in [0.1, 0.15) is 0 Å². The van der Waals surface area contributed by atoms with E-state index in [9.17, 15) is 4.79 Å². The number of carbonyl (C=O) groups is 1. The van der Waals surface area contributed by atoms with E-state index in [2.05, 4.69) is 52.0 Å². The number of anilines is 1. The van der Waals surface area contributed by atoms with E-state index in [1.54, 1.807) is 6.20 Å². The fourth-order valence-electron chi connectivity index (χ4n) is 3.60. The quantitative estimate of drug-likeness (QED) is 0.835. The number of carbonyl (C=O) groups excluding carboxylic acids is 1. The average molecular weight is 337 g/mol. The molecule has 1 amide bonds. The molecule has 0 spiro atoms. The highest BCUT2D eigenvalue weighted by molar-refractivity contribution is 5.77.